The molecule has 3 aliphatic rings. The van der Waals surface area contributed by atoms with E-state index in [1.54, 1.807) is 28.8 Å². The van der Waals surface area contributed by atoms with Crippen LogP contribution in [0.3, 0.4) is 0 Å². The van der Waals surface area contributed by atoms with Gasteiger partial charge in [-0.2, -0.15) is 0 Å². The number of alkyl halides is 1. The van der Waals surface area contributed by atoms with Gasteiger partial charge in [0.1, 0.15) is 23.8 Å². The number of rotatable bonds is 11. The van der Waals surface area contributed by atoms with Gasteiger partial charge in [-0.15, -0.1) is 18.3 Å². The second-order valence-electron chi connectivity index (χ2n) is 11.6. The molecular weight excluding hydrogens is 628 g/mol. The Bertz CT molecular complexity index is 1600. The minimum absolute atomic E-state index is 0.0470. The molecule has 0 radical (unpaired) electrons. The number of hydrogen-bond acceptors (Lipinski definition) is 7. The first-order valence-electron chi connectivity index (χ1n) is 14.6. The average molecular weight is 664 g/mol. The van der Waals surface area contributed by atoms with Crippen molar-refractivity contribution in [3.8, 4) is 0 Å². The second kappa shape index (κ2) is 11.9. The van der Waals surface area contributed by atoms with E-state index in [0.717, 1.165) is 5.52 Å². The highest BCUT2D eigenvalue weighted by atomic mass is 79.9. The van der Waals surface area contributed by atoms with E-state index in [1.807, 2.05) is 54.6 Å². The summed E-state index contributed by atoms with van der Waals surface area (Å²) in [7, 11) is 1.67. The number of aliphatic hydroxyl groups is 1. The van der Waals surface area contributed by atoms with Gasteiger partial charge >= 0.3 is 0 Å². The van der Waals surface area contributed by atoms with Gasteiger partial charge in [0.05, 0.1) is 36.1 Å². The molecule has 7 atom stereocenters. The zero-order valence-electron chi connectivity index (χ0n) is 24.4. The molecule has 3 aliphatic heterocycles. The molecule has 11 nitrogen and oxygen atoms in total. The third-order valence-electron chi connectivity index (χ3n) is 9.10. The number of halogens is 1. The maximum Gasteiger partial charge on any atom is 0.250 e. The van der Waals surface area contributed by atoms with Gasteiger partial charge < -0.3 is 24.5 Å². The number of fused-ring (bicyclic) bond motifs is 2. The number of nitrogens with zero attached hydrogens (tertiary/aromatic N) is 6. The highest BCUT2D eigenvalue weighted by Crippen LogP contribution is 2.61. The molecule has 3 aromatic rings. The third kappa shape index (κ3) is 4.67. The normalized spacial score (nSPS) is 27.8. The molecule has 3 amide bonds. The van der Waals surface area contributed by atoms with E-state index in [4.69, 9.17) is 4.74 Å². The third-order valence-corrected chi connectivity index (χ3v) is 9.95. The highest BCUT2D eigenvalue weighted by Gasteiger charge is 2.77. The number of amides is 3. The maximum atomic E-state index is 14.9. The summed E-state index contributed by atoms with van der Waals surface area (Å²) < 4.78 is 8.31. The quantitative estimate of drug-likeness (QED) is 0.247. The number of benzene rings is 2. The minimum Gasteiger partial charge on any atom is -0.394 e. The van der Waals surface area contributed by atoms with Crippen molar-refractivity contribution in [1.82, 2.24) is 29.7 Å². The Hall–Kier alpha value is -3.87. The van der Waals surface area contributed by atoms with Gasteiger partial charge in [-0.25, -0.2) is 4.68 Å². The number of ether oxygens (including phenoxy) is 1. The molecule has 12 heteroatoms. The highest BCUT2D eigenvalue weighted by molar-refractivity contribution is 9.09. The van der Waals surface area contributed by atoms with E-state index in [0.29, 0.717) is 24.0 Å². The van der Waals surface area contributed by atoms with Crippen molar-refractivity contribution in [2.24, 2.45) is 11.8 Å². The molecule has 3 saturated heterocycles. The van der Waals surface area contributed by atoms with E-state index in [2.05, 4.69) is 39.4 Å². The SMILES string of the molecule is C=CCN(C)C(=O)[C@H]1[C@@H]2OC3(CC2Br)C(C(=O)N(CC=C)Cn2nnc4ccccc42)N([C@H](CO)c2ccccc2)C(=O)[C@H]13. The van der Waals surface area contributed by atoms with Gasteiger partial charge in [0, 0.05) is 25.0 Å². The number of hydrogen-bond donors (Lipinski definition) is 1. The predicted molar refractivity (Wildman–Crippen MR) is 166 cm³/mol. The van der Waals surface area contributed by atoms with Crippen molar-refractivity contribution in [2.45, 2.75) is 41.7 Å². The summed E-state index contributed by atoms with van der Waals surface area (Å²) in [6.07, 6.45) is 2.99. The monoisotopic (exact) mass is 662 g/mol. The summed E-state index contributed by atoms with van der Waals surface area (Å²) in [5, 5.41) is 19.3. The van der Waals surface area contributed by atoms with Crippen LogP contribution < -0.4 is 0 Å². The van der Waals surface area contributed by atoms with Crippen LogP contribution >= 0.6 is 15.9 Å². The first kappa shape index (κ1) is 30.2. The Balaban J connectivity index is 1.46. The van der Waals surface area contributed by atoms with Crippen LogP contribution in [0.1, 0.15) is 18.0 Å². The standard InChI is InChI=1S/C32H35BrN6O5/c1-4-15-36(3)29(41)25-26-30(42)39(24(18-40)20-11-7-6-8-12-20)28(32(26)17-21(33)27(25)44-32)31(43)37(16-5-2)19-38-23-14-10-9-13-22(23)34-35-38/h4-14,21,24-28,40H,1-2,15-19H2,3H3/t21?,24-,25-,26+,27-,28?,32?/m1/s1. The van der Waals surface area contributed by atoms with Crippen molar-refractivity contribution in [1.29, 1.82) is 0 Å². The van der Waals surface area contributed by atoms with Crippen LogP contribution in [0.25, 0.3) is 11.0 Å². The van der Waals surface area contributed by atoms with Gasteiger partial charge in [-0.05, 0) is 24.1 Å². The van der Waals surface area contributed by atoms with Crippen LogP contribution in [0.15, 0.2) is 79.9 Å². The van der Waals surface area contributed by atoms with Gasteiger partial charge in [-0.3, -0.25) is 14.4 Å². The first-order valence-corrected chi connectivity index (χ1v) is 15.5. The van der Waals surface area contributed by atoms with Crippen LogP contribution in [-0.4, -0.2) is 102 Å². The zero-order chi connectivity index (χ0) is 31.2. The van der Waals surface area contributed by atoms with Crippen LogP contribution in [0, 0.1) is 11.8 Å². The number of aromatic nitrogens is 3. The molecule has 0 saturated carbocycles. The smallest absolute Gasteiger partial charge is 0.250 e. The largest absolute Gasteiger partial charge is 0.394 e. The average Bonchev–Trinajstić information content (AvgIpc) is 3.75. The van der Waals surface area contributed by atoms with Crippen molar-refractivity contribution < 1.29 is 24.2 Å². The Morgan fingerprint density at radius 1 is 1.14 bits per heavy atom. The molecule has 0 aliphatic carbocycles. The van der Waals surface area contributed by atoms with E-state index < -0.39 is 42.2 Å². The number of likely N-dealkylation sites (N-methyl/N-ethyl adjacent to an activating group) is 1. The molecule has 2 bridgehead atoms. The number of likely N-dealkylation sites (tertiary alicyclic amines) is 1. The van der Waals surface area contributed by atoms with Gasteiger partial charge in [0.15, 0.2) is 0 Å². The van der Waals surface area contributed by atoms with Gasteiger partial charge in [0.2, 0.25) is 17.7 Å². The molecule has 230 valence electrons. The summed E-state index contributed by atoms with van der Waals surface area (Å²) in [5.74, 6) is -2.74. The summed E-state index contributed by atoms with van der Waals surface area (Å²) in [4.78, 5) is 47.7. The molecule has 6 rings (SSSR count). The summed E-state index contributed by atoms with van der Waals surface area (Å²) in [5.41, 5.74) is 0.807. The second-order valence-corrected chi connectivity index (χ2v) is 12.8. The minimum atomic E-state index is -1.30. The molecule has 4 heterocycles. The lowest BCUT2D eigenvalue weighted by atomic mass is 9.70. The number of carbonyl (C=O) groups excluding carboxylic acids is 3. The lowest BCUT2D eigenvalue weighted by molar-refractivity contribution is -0.153. The molecule has 1 N–H and O–H groups in total. The molecule has 2 aromatic carbocycles. The fourth-order valence-corrected chi connectivity index (χ4v) is 8.20. The molecule has 3 unspecified atom stereocenters. The fourth-order valence-electron chi connectivity index (χ4n) is 7.26. The van der Waals surface area contributed by atoms with Crippen molar-refractivity contribution >= 4 is 44.7 Å². The Morgan fingerprint density at radius 2 is 1.84 bits per heavy atom. The maximum absolute atomic E-state index is 14.9. The Labute approximate surface area is 263 Å². The summed E-state index contributed by atoms with van der Waals surface area (Å²) >= 11 is 3.72. The van der Waals surface area contributed by atoms with Crippen LogP contribution in [-0.2, 0) is 25.8 Å². The fraction of sp³-hybridized carbons (Fsp3) is 0.406. The van der Waals surface area contributed by atoms with E-state index in [1.165, 1.54) is 9.80 Å². The van der Waals surface area contributed by atoms with Gasteiger partial charge in [0.25, 0.3) is 0 Å². The number of carbonyl (C=O) groups is 3. The summed E-state index contributed by atoms with van der Waals surface area (Å²) in [6.45, 7) is 7.71. The molecule has 44 heavy (non-hydrogen) atoms. The Kier molecular flexibility index (Phi) is 8.16. The van der Waals surface area contributed by atoms with Crippen LogP contribution in [0.5, 0.6) is 0 Å². The number of aliphatic hydroxyl groups excluding tert-OH is 1. The summed E-state index contributed by atoms with van der Waals surface area (Å²) in [6, 6.07) is 14.6. The number of para-hydroxylation sites is 1. The molecule has 3 fully saturated rings. The van der Waals surface area contributed by atoms with Crippen LogP contribution in [0.2, 0.25) is 0 Å². The molecular formula is C32H35BrN6O5. The lowest BCUT2D eigenvalue weighted by Crippen LogP contribution is -2.57. The van der Waals surface area contributed by atoms with Crippen molar-refractivity contribution in [3.05, 3.63) is 85.5 Å². The van der Waals surface area contributed by atoms with E-state index in [9.17, 15) is 19.5 Å². The van der Waals surface area contributed by atoms with Gasteiger partial charge in [-0.1, -0.05) is 75.8 Å². The lowest BCUT2D eigenvalue weighted by Gasteiger charge is -2.39. The van der Waals surface area contributed by atoms with Crippen molar-refractivity contribution in [2.75, 3.05) is 26.7 Å². The topological polar surface area (TPSA) is 121 Å². The zero-order valence-corrected chi connectivity index (χ0v) is 26.0. The molecule has 1 aromatic heterocycles. The first-order chi connectivity index (χ1) is 21.3. The van der Waals surface area contributed by atoms with Crippen LogP contribution in [0.4, 0.5) is 0 Å². The van der Waals surface area contributed by atoms with E-state index >= 15 is 0 Å². The predicted octanol–water partition coefficient (Wildman–Crippen LogP) is 2.53. The van der Waals surface area contributed by atoms with E-state index in [-0.39, 0.29) is 35.8 Å². The molecule has 1 spiro atoms. The van der Waals surface area contributed by atoms with Crippen molar-refractivity contribution in [3.63, 3.8) is 0 Å². The Morgan fingerprint density at radius 3 is 2.55 bits per heavy atom.